The van der Waals surface area contributed by atoms with Crippen molar-refractivity contribution in [2.45, 2.75) is 13.8 Å². The molecule has 0 atom stereocenters. The highest BCUT2D eigenvalue weighted by Gasteiger charge is 2.21. The van der Waals surface area contributed by atoms with Crippen LogP contribution in [0.2, 0.25) is 0 Å². The molecule has 2 aromatic carbocycles. The van der Waals surface area contributed by atoms with E-state index in [1.54, 1.807) is 43.3 Å². The number of esters is 2. The number of ether oxygens (including phenoxy) is 3. The van der Waals surface area contributed by atoms with Gasteiger partial charge in [-0.15, -0.1) is 5.10 Å². The molecule has 1 N–H and O–H groups in total. The average Bonchev–Trinajstić information content (AvgIpc) is 3.18. The third-order valence-electron chi connectivity index (χ3n) is 3.91. The molecule has 8 heteroatoms. The molecule has 1 heterocycles. The Labute approximate surface area is 161 Å². The van der Waals surface area contributed by atoms with Gasteiger partial charge in [-0.3, -0.25) is 0 Å². The van der Waals surface area contributed by atoms with Gasteiger partial charge in [-0.2, -0.15) is 10.3 Å². The summed E-state index contributed by atoms with van der Waals surface area (Å²) in [5, 5.41) is 10.3. The Bertz CT molecular complexity index is 1010. The minimum absolute atomic E-state index is 0.0633. The summed E-state index contributed by atoms with van der Waals surface area (Å²) in [4.78, 5) is 24.4. The first-order valence-corrected chi connectivity index (χ1v) is 8.58. The summed E-state index contributed by atoms with van der Waals surface area (Å²) < 4.78 is 15.8. The van der Waals surface area contributed by atoms with Crippen LogP contribution in [0, 0.1) is 6.92 Å². The number of nitrogens with zero attached hydrogens (tertiary/aromatic N) is 2. The fourth-order valence-electron chi connectivity index (χ4n) is 2.60. The van der Waals surface area contributed by atoms with Crippen LogP contribution in [0.25, 0.3) is 11.3 Å². The van der Waals surface area contributed by atoms with Gasteiger partial charge in [-0.05, 0) is 44.2 Å². The number of nitrogens with one attached hydrogen (secondary N) is 1. The molecular formula is C20H19N3O5. The van der Waals surface area contributed by atoms with Crippen LogP contribution in [-0.4, -0.2) is 41.1 Å². The molecule has 0 saturated heterocycles. The van der Waals surface area contributed by atoms with E-state index < -0.39 is 11.9 Å². The SMILES string of the molecule is CCOC(=O)c1n[nH]nc1-c1ccc(OC(=O)c2cccc(C)c2)c(OC)c1. The monoisotopic (exact) mass is 381 g/mol. The Morgan fingerprint density at radius 3 is 2.57 bits per heavy atom. The Morgan fingerprint density at radius 1 is 1.04 bits per heavy atom. The van der Waals surface area contributed by atoms with Crippen molar-refractivity contribution >= 4 is 11.9 Å². The van der Waals surface area contributed by atoms with E-state index in [2.05, 4.69) is 15.4 Å². The Hall–Kier alpha value is -3.68. The molecular weight excluding hydrogens is 362 g/mol. The van der Waals surface area contributed by atoms with E-state index in [-0.39, 0.29) is 18.1 Å². The summed E-state index contributed by atoms with van der Waals surface area (Å²) in [6, 6.07) is 11.9. The summed E-state index contributed by atoms with van der Waals surface area (Å²) >= 11 is 0. The van der Waals surface area contributed by atoms with E-state index in [1.165, 1.54) is 7.11 Å². The quantitative estimate of drug-likeness (QED) is 0.516. The lowest BCUT2D eigenvalue weighted by molar-refractivity contribution is 0.0520. The van der Waals surface area contributed by atoms with Crippen LogP contribution in [0.15, 0.2) is 42.5 Å². The zero-order chi connectivity index (χ0) is 20.1. The Kier molecular flexibility index (Phi) is 5.69. The first-order chi connectivity index (χ1) is 13.5. The van der Waals surface area contributed by atoms with Gasteiger partial charge >= 0.3 is 11.9 Å². The number of hydrogen-bond acceptors (Lipinski definition) is 7. The second-order valence-corrected chi connectivity index (χ2v) is 5.87. The summed E-state index contributed by atoms with van der Waals surface area (Å²) in [6.07, 6.45) is 0. The van der Waals surface area contributed by atoms with E-state index in [1.807, 2.05) is 13.0 Å². The highest BCUT2D eigenvalue weighted by atomic mass is 16.6. The lowest BCUT2D eigenvalue weighted by Gasteiger charge is -2.11. The first-order valence-electron chi connectivity index (χ1n) is 8.58. The Balaban J connectivity index is 1.88. The molecule has 0 aliphatic rings. The van der Waals surface area contributed by atoms with Crippen LogP contribution in [0.4, 0.5) is 0 Å². The summed E-state index contributed by atoms with van der Waals surface area (Å²) in [6.45, 7) is 3.82. The number of methoxy groups -OCH3 is 1. The van der Waals surface area contributed by atoms with Crippen molar-refractivity contribution in [3.63, 3.8) is 0 Å². The fraction of sp³-hybridized carbons (Fsp3) is 0.200. The maximum Gasteiger partial charge on any atom is 0.361 e. The molecule has 144 valence electrons. The number of aryl methyl sites for hydroxylation is 1. The number of rotatable bonds is 6. The lowest BCUT2D eigenvalue weighted by Crippen LogP contribution is -2.09. The molecule has 0 spiro atoms. The molecule has 3 aromatic rings. The van der Waals surface area contributed by atoms with Crippen molar-refractivity contribution < 1.29 is 23.8 Å². The predicted octanol–water partition coefficient (Wildman–Crippen LogP) is 3.18. The highest BCUT2D eigenvalue weighted by Crippen LogP contribution is 2.33. The van der Waals surface area contributed by atoms with Gasteiger partial charge in [0.1, 0.15) is 5.69 Å². The van der Waals surface area contributed by atoms with E-state index in [0.717, 1.165) is 5.56 Å². The van der Waals surface area contributed by atoms with Crippen molar-refractivity contribution in [3.05, 3.63) is 59.3 Å². The van der Waals surface area contributed by atoms with Crippen LogP contribution < -0.4 is 9.47 Å². The zero-order valence-electron chi connectivity index (χ0n) is 15.7. The maximum atomic E-state index is 12.4. The third-order valence-corrected chi connectivity index (χ3v) is 3.91. The molecule has 28 heavy (non-hydrogen) atoms. The highest BCUT2D eigenvalue weighted by molar-refractivity contribution is 5.94. The van der Waals surface area contributed by atoms with Gasteiger partial charge in [0, 0.05) is 5.56 Å². The summed E-state index contributed by atoms with van der Waals surface area (Å²) in [7, 11) is 1.46. The van der Waals surface area contributed by atoms with Gasteiger partial charge in [0.15, 0.2) is 17.2 Å². The van der Waals surface area contributed by atoms with E-state index >= 15 is 0 Å². The minimum Gasteiger partial charge on any atom is -0.493 e. The van der Waals surface area contributed by atoms with Crippen molar-refractivity contribution in [1.29, 1.82) is 0 Å². The standard InChI is InChI=1S/C20H19N3O5/c1-4-27-20(25)18-17(21-23-22-18)13-8-9-15(16(11-13)26-3)28-19(24)14-7-5-6-12(2)10-14/h5-11H,4H2,1-3H3,(H,21,22,23). The largest absolute Gasteiger partial charge is 0.493 e. The smallest absolute Gasteiger partial charge is 0.361 e. The molecule has 0 amide bonds. The maximum absolute atomic E-state index is 12.4. The van der Waals surface area contributed by atoms with Crippen molar-refractivity contribution in [3.8, 4) is 22.8 Å². The van der Waals surface area contributed by atoms with Crippen LogP contribution in [-0.2, 0) is 4.74 Å². The molecule has 0 aliphatic heterocycles. The molecule has 0 radical (unpaired) electrons. The molecule has 0 bridgehead atoms. The third kappa shape index (κ3) is 4.01. The molecule has 3 rings (SSSR count). The van der Waals surface area contributed by atoms with Crippen LogP contribution in [0.3, 0.4) is 0 Å². The lowest BCUT2D eigenvalue weighted by atomic mass is 10.1. The molecule has 1 aromatic heterocycles. The van der Waals surface area contributed by atoms with Gasteiger partial charge < -0.3 is 14.2 Å². The fourth-order valence-corrected chi connectivity index (χ4v) is 2.60. The topological polar surface area (TPSA) is 103 Å². The number of hydrogen-bond donors (Lipinski definition) is 1. The molecule has 0 saturated carbocycles. The molecule has 0 unspecified atom stereocenters. The van der Waals surface area contributed by atoms with Gasteiger partial charge in [-0.25, -0.2) is 9.59 Å². The second kappa shape index (κ2) is 8.34. The summed E-state index contributed by atoms with van der Waals surface area (Å²) in [5.41, 5.74) is 2.33. The second-order valence-electron chi connectivity index (χ2n) is 5.87. The number of carbonyl (C=O) groups excluding carboxylic acids is 2. The number of benzene rings is 2. The van der Waals surface area contributed by atoms with Gasteiger partial charge in [0.25, 0.3) is 0 Å². The normalized spacial score (nSPS) is 10.4. The minimum atomic E-state index is -0.583. The number of aromatic nitrogens is 3. The molecule has 0 aliphatic carbocycles. The van der Waals surface area contributed by atoms with Gasteiger partial charge in [-0.1, -0.05) is 17.7 Å². The average molecular weight is 381 g/mol. The van der Waals surface area contributed by atoms with Crippen LogP contribution in [0.1, 0.15) is 33.3 Å². The van der Waals surface area contributed by atoms with Gasteiger partial charge in [0.05, 0.1) is 19.3 Å². The van der Waals surface area contributed by atoms with E-state index in [4.69, 9.17) is 14.2 Å². The number of carbonyl (C=O) groups is 2. The van der Waals surface area contributed by atoms with Crippen LogP contribution in [0.5, 0.6) is 11.5 Å². The predicted molar refractivity (Wildman–Crippen MR) is 100 cm³/mol. The Morgan fingerprint density at radius 2 is 1.86 bits per heavy atom. The van der Waals surface area contributed by atoms with Crippen molar-refractivity contribution in [2.75, 3.05) is 13.7 Å². The molecule has 0 fully saturated rings. The number of aromatic amines is 1. The van der Waals surface area contributed by atoms with Crippen LogP contribution >= 0.6 is 0 Å². The van der Waals surface area contributed by atoms with E-state index in [0.29, 0.717) is 22.6 Å². The van der Waals surface area contributed by atoms with Crippen molar-refractivity contribution in [2.24, 2.45) is 0 Å². The molecule has 8 nitrogen and oxygen atoms in total. The first kappa shape index (κ1) is 19.1. The zero-order valence-corrected chi connectivity index (χ0v) is 15.7. The van der Waals surface area contributed by atoms with Gasteiger partial charge in [0.2, 0.25) is 0 Å². The number of H-pyrrole nitrogens is 1. The summed E-state index contributed by atoms with van der Waals surface area (Å²) in [5.74, 6) is -0.515. The van der Waals surface area contributed by atoms with Crippen molar-refractivity contribution in [1.82, 2.24) is 15.4 Å². The van der Waals surface area contributed by atoms with E-state index in [9.17, 15) is 9.59 Å².